The van der Waals surface area contributed by atoms with Crippen molar-refractivity contribution in [1.82, 2.24) is 16.0 Å². The highest BCUT2D eigenvalue weighted by atomic mass is 16.4. The number of aliphatic carboxylic acids is 1. The summed E-state index contributed by atoms with van der Waals surface area (Å²) in [5, 5.41) is 15.2. The van der Waals surface area contributed by atoms with Crippen molar-refractivity contribution < 1.29 is 38.7 Å². The van der Waals surface area contributed by atoms with E-state index < -0.39 is 84.8 Å². The molecule has 15 heteroatoms. The Balaban J connectivity index is 5.50. The van der Waals surface area contributed by atoms with Gasteiger partial charge in [-0.1, -0.05) is 0 Å². The summed E-state index contributed by atoms with van der Waals surface area (Å²) in [5.41, 5.74) is 20.4. The predicted molar refractivity (Wildman–Crippen MR) is 98.5 cm³/mol. The third-order valence-corrected chi connectivity index (χ3v) is 3.51. The van der Waals surface area contributed by atoms with E-state index in [9.17, 15) is 33.6 Å². The van der Waals surface area contributed by atoms with Crippen molar-refractivity contribution in [3.8, 4) is 0 Å². The van der Waals surface area contributed by atoms with Crippen LogP contribution in [0.2, 0.25) is 0 Å². The van der Waals surface area contributed by atoms with E-state index in [4.69, 9.17) is 28.0 Å². The molecule has 30 heavy (non-hydrogen) atoms. The summed E-state index contributed by atoms with van der Waals surface area (Å²) in [6.45, 7) is 1.31. The van der Waals surface area contributed by atoms with E-state index in [1.165, 1.54) is 6.92 Å². The van der Waals surface area contributed by atoms with Gasteiger partial charge in [0.2, 0.25) is 35.4 Å². The van der Waals surface area contributed by atoms with E-state index in [-0.39, 0.29) is 0 Å². The maximum Gasteiger partial charge on any atom is 0.326 e. The van der Waals surface area contributed by atoms with Crippen LogP contribution in [0.3, 0.4) is 0 Å². The van der Waals surface area contributed by atoms with Crippen LogP contribution in [-0.4, -0.2) is 70.7 Å². The van der Waals surface area contributed by atoms with Gasteiger partial charge in [-0.3, -0.25) is 28.8 Å². The normalized spacial score (nSPS) is 14.3. The van der Waals surface area contributed by atoms with Crippen molar-refractivity contribution >= 4 is 41.4 Å². The zero-order valence-electron chi connectivity index (χ0n) is 16.0. The number of carboxylic acid groups (broad SMARTS) is 1. The molecule has 0 saturated heterocycles. The first-order chi connectivity index (χ1) is 13.7. The van der Waals surface area contributed by atoms with Gasteiger partial charge >= 0.3 is 5.97 Å². The zero-order valence-corrected chi connectivity index (χ0v) is 16.0. The molecule has 0 aliphatic heterocycles. The summed E-state index contributed by atoms with van der Waals surface area (Å²) in [4.78, 5) is 81.0. The van der Waals surface area contributed by atoms with Gasteiger partial charge in [-0.25, -0.2) is 4.79 Å². The molecule has 0 aliphatic rings. The summed E-state index contributed by atoms with van der Waals surface area (Å²) in [6.07, 6.45) is -2.17. The number of hydrogen-bond acceptors (Lipinski definition) is 8. The number of carbonyl (C=O) groups is 7. The highest BCUT2D eigenvalue weighted by Gasteiger charge is 2.32. The highest BCUT2D eigenvalue weighted by Crippen LogP contribution is 2.01. The third kappa shape index (κ3) is 9.98. The highest BCUT2D eigenvalue weighted by molar-refractivity contribution is 5.98. The molecule has 0 rings (SSSR count). The molecule has 168 valence electrons. The van der Waals surface area contributed by atoms with Gasteiger partial charge in [0.1, 0.15) is 18.1 Å². The second-order valence-corrected chi connectivity index (χ2v) is 6.32. The van der Waals surface area contributed by atoms with Crippen LogP contribution in [0.15, 0.2) is 0 Å². The third-order valence-electron chi connectivity index (χ3n) is 3.51. The molecule has 0 aliphatic carbocycles. The number of hydrogen-bond donors (Lipinski definition) is 8. The largest absolute Gasteiger partial charge is 0.480 e. The van der Waals surface area contributed by atoms with Gasteiger partial charge in [-0.2, -0.15) is 0 Å². The van der Waals surface area contributed by atoms with Crippen LogP contribution in [0.4, 0.5) is 0 Å². The Morgan fingerprint density at radius 3 is 1.27 bits per heavy atom. The van der Waals surface area contributed by atoms with Crippen molar-refractivity contribution in [2.24, 2.45) is 22.9 Å². The SMILES string of the molecule is CC(N)C(=O)NC(CC(N)=O)C(=O)NC(CC(N)=O)C(=O)NC(CC(N)=O)C(=O)O. The van der Waals surface area contributed by atoms with Gasteiger partial charge in [0.05, 0.1) is 25.3 Å². The fraction of sp³-hybridized carbons (Fsp3) is 0.533. The molecule has 6 amide bonds. The first kappa shape index (κ1) is 26.2. The zero-order chi connectivity index (χ0) is 23.6. The van der Waals surface area contributed by atoms with E-state index in [0.717, 1.165) is 0 Å². The first-order valence-corrected chi connectivity index (χ1v) is 8.49. The molecule has 0 fully saturated rings. The van der Waals surface area contributed by atoms with E-state index in [1.807, 2.05) is 5.32 Å². The Kier molecular flexibility index (Phi) is 10.5. The lowest BCUT2D eigenvalue weighted by atomic mass is 10.1. The summed E-state index contributed by atoms with van der Waals surface area (Å²) in [6, 6.07) is -6.00. The van der Waals surface area contributed by atoms with E-state index in [2.05, 4.69) is 10.6 Å². The number of carboxylic acids is 1. The molecule has 0 saturated carbocycles. The van der Waals surface area contributed by atoms with Gasteiger partial charge < -0.3 is 44.0 Å². The lowest BCUT2D eigenvalue weighted by molar-refractivity contribution is -0.144. The number of nitrogens with one attached hydrogen (secondary N) is 3. The lowest BCUT2D eigenvalue weighted by Gasteiger charge is -2.23. The average Bonchev–Trinajstić information content (AvgIpc) is 2.58. The first-order valence-electron chi connectivity index (χ1n) is 8.49. The molecule has 4 unspecified atom stereocenters. The van der Waals surface area contributed by atoms with Crippen molar-refractivity contribution in [2.45, 2.75) is 50.4 Å². The average molecular weight is 431 g/mol. The van der Waals surface area contributed by atoms with Crippen LogP contribution in [0.1, 0.15) is 26.2 Å². The maximum atomic E-state index is 12.4. The molecule has 0 heterocycles. The number of rotatable bonds is 13. The summed E-state index contributed by atoms with van der Waals surface area (Å²) >= 11 is 0. The molecule has 0 aromatic carbocycles. The molecular weight excluding hydrogens is 406 g/mol. The van der Waals surface area contributed by atoms with Gasteiger partial charge in [0, 0.05) is 0 Å². The smallest absolute Gasteiger partial charge is 0.326 e. The standard InChI is InChI=1S/C15H25N7O8/c1-5(16)12(26)20-6(2-9(17)23)13(27)21-7(3-10(18)24)14(28)22-8(15(29)30)4-11(19)25/h5-8H,2-4,16H2,1H3,(H2,17,23)(H2,18,24)(H2,19,25)(H,20,26)(H,21,27)(H,22,28)(H,29,30). The fourth-order valence-corrected chi connectivity index (χ4v) is 2.07. The minimum absolute atomic E-state index is 0.658. The number of carbonyl (C=O) groups excluding carboxylic acids is 6. The number of primary amides is 3. The van der Waals surface area contributed by atoms with E-state index in [0.29, 0.717) is 0 Å². The number of nitrogens with two attached hydrogens (primary N) is 4. The van der Waals surface area contributed by atoms with Crippen LogP contribution < -0.4 is 38.9 Å². The van der Waals surface area contributed by atoms with Crippen molar-refractivity contribution in [3.05, 3.63) is 0 Å². The topological polar surface area (TPSA) is 280 Å². The minimum Gasteiger partial charge on any atom is -0.480 e. The molecular formula is C15H25N7O8. The lowest BCUT2D eigenvalue weighted by Crippen LogP contribution is -2.58. The molecule has 0 aromatic rings. The fourth-order valence-electron chi connectivity index (χ4n) is 2.07. The molecule has 0 aromatic heterocycles. The molecule has 12 N–H and O–H groups in total. The van der Waals surface area contributed by atoms with E-state index >= 15 is 0 Å². The van der Waals surface area contributed by atoms with E-state index in [1.54, 1.807) is 0 Å². The van der Waals surface area contributed by atoms with Crippen LogP contribution in [0.5, 0.6) is 0 Å². The van der Waals surface area contributed by atoms with Gasteiger partial charge in [0.15, 0.2) is 0 Å². The van der Waals surface area contributed by atoms with Gasteiger partial charge in [-0.05, 0) is 6.92 Å². The molecule has 0 spiro atoms. The minimum atomic E-state index is -1.73. The van der Waals surface area contributed by atoms with Crippen LogP contribution >= 0.6 is 0 Å². The predicted octanol–water partition coefficient (Wildman–Crippen LogP) is -5.50. The van der Waals surface area contributed by atoms with Crippen molar-refractivity contribution in [3.63, 3.8) is 0 Å². The monoisotopic (exact) mass is 431 g/mol. The van der Waals surface area contributed by atoms with Crippen molar-refractivity contribution in [1.29, 1.82) is 0 Å². The summed E-state index contributed by atoms with van der Waals surface area (Å²) in [7, 11) is 0. The Morgan fingerprint density at radius 1 is 0.667 bits per heavy atom. The Morgan fingerprint density at radius 2 is 0.967 bits per heavy atom. The van der Waals surface area contributed by atoms with Crippen LogP contribution in [-0.2, 0) is 33.6 Å². The Labute approximate surface area is 170 Å². The summed E-state index contributed by atoms with van der Waals surface area (Å²) in [5.74, 6) is -7.70. The summed E-state index contributed by atoms with van der Waals surface area (Å²) < 4.78 is 0. The number of amides is 6. The molecule has 15 nitrogen and oxygen atoms in total. The molecule has 0 bridgehead atoms. The Bertz CT molecular complexity index is 724. The van der Waals surface area contributed by atoms with Crippen LogP contribution in [0, 0.1) is 0 Å². The second kappa shape index (κ2) is 11.9. The van der Waals surface area contributed by atoms with Gasteiger partial charge in [-0.15, -0.1) is 0 Å². The maximum absolute atomic E-state index is 12.4. The Hall–Kier alpha value is -3.75. The quantitative estimate of drug-likeness (QED) is 0.138. The second-order valence-electron chi connectivity index (χ2n) is 6.32. The van der Waals surface area contributed by atoms with Crippen LogP contribution in [0.25, 0.3) is 0 Å². The van der Waals surface area contributed by atoms with Crippen molar-refractivity contribution in [2.75, 3.05) is 0 Å². The molecule has 4 atom stereocenters. The van der Waals surface area contributed by atoms with Gasteiger partial charge in [0.25, 0.3) is 0 Å². The molecule has 0 radical (unpaired) electrons.